The minimum Gasteiger partial charge on any atom is -0.335 e. The zero-order valence-corrected chi connectivity index (χ0v) is 16.2. The molecule has 0 spiro atoms. The summed E-state index contributed by atoms with van der Waals surface area (Å²) in [5, 5.41) is 13.8. The number of carbonyl (C=O) groups excluding carboxylic acids is 1. The summed E-state index contributed by atoms with van der Waals surface area (Å²) in [5.74, 6) is 1.03. The van der Waals surface area contributed by atoms with Crippen LogP contribution in [0.3, 0.4) is 0 Å². The van der Waals surface area contributed by atoms with Crippen molar-refractivity contribution in [2.24, 2.45) is 5.92 Å². The molecule has 7 heteroatoms. The number of hydrogen-bond acceptors (Lipinski definition) is 4. The molecule has 0 radical (unpaired) electrons. The largest absolute Gasteiger partial charge is 0.335 e. The first-order chi connectivity index (χ1) is 12.5. The number of carbonyl (C=O) groups is 1. The highest BCUT2D eigenvalue weighted by Crippen LogP contribution is 2.21. The van der Waals surface area contributed by atoms with Crippen LogP contribution < -0.4 is 0 Å². The molecule has 0 saturated carbocycles. The second-order valence-electron chi connectivity index (χ2n) is 6.45. The number of para-hydroxylation sites is 1. The first-order valence-electron chi connectivity index (χ1n) is 8.85. The van der Waals surface area contributed by atoms with E-state index in [0.717, 1.165) is 6.42 Å². The Morgan fingerprint density at radius 1 is 1.35 bits per heavy atom. The summed E-state index contributed by atoms with van der Waals surface area (Å²) in [6.07, 6.45) is 1.77. The Morgan fingerprint density at radius 2 is 2.08 bits per heavy atom. The number of nitrogens with zero attached hydrogens (tertiary/aromatic N) is 5. The van der Waals surface area contributed by atoms with Crippen LogP contribution >= 0.6 is 11.6 Å². The highest BCUT2D eigenvalue weighted by Gasteiger charge is 2.23. The Bertz CT molecular complexity index is 793. The van der Waals surface area contributed by atoms with Gasteiger partial charge in [-0.3, -0.25) is 4.79 Å². The average Bonchev–Trinajstić information content (AvgIpc) is 3.05. The van der Waals surface area contributed by atoms with E-state index in [4.69, 9.17) is 16.9 Å². The van der Waals surface area contributed by atoms with Crippen LogP contribution in [0, 0.1) is 17.2 Å². The first kappa shape index (κ1) is 19.9. The Labute approximate surface area is 159 Å². The van der Waals surface area contributed by atoms with Gasteiger partial charge in [0.2, 0.25) is 5.82 Å². The van der Waals surface area contributed by atoms with Crippen LogP contribution in [0.2, 0.25) is 5.02 Å². The molecule has 0 aliphatic carbocycles. The van der Waals surface area contributed by atoms with Gasteiger partial charge in [0.1, 0.15) is 5.82 Å². The Kier molecular flexibility index (Phi) is 7.16. The predicted octanol–water partition coefficient (Wildman–Crippen LogP) is 3.89. The van der Waals surface area contributed by atoms with Gasteiger partial charge in [0.05, 0.1) is 23.2 Å². The number of amides is 1. The van der Waals surface area contributed by atoms with Crippen molar-refractivity contribution in [2.45, 2.75) is 40.0 Å². The summed E-state index contributed by atoms with van der Waals surface area (Å²) in [7, 11) is 0. The molecule has 0 aliphatic rings. The van der Waals surface area contributed by atoms with Gasteiger partial charge in [-0.05, 0) is 24.5 Å². The molecule has 0 fully saturated rings. The molecule has 1 heterocycles. The number of rotatable bonds is 8. The molecule has 26 heavy (non-hydrogen) atoms. The third kappa shape index (κ3) is 4.83. The van der Waals surface area contributed by atoms with Crippen LogP contribution in [0.25, 0.3) is 5.69 Å². The zero-order chi connectivity index (χ0) is 19.1. The summed E-state index contributed by atoms with van der Waals surface area (Å²) in [4.78, 5) is 19.0. The van der Waals surface area contributed by atoms with Crippen molar-refractivity contribution in [1.29, 1.82) is 5.26 Å². The van der Waals surface area contributed by atoms with E-state index < -0.39 is 0 Å². The quantitative estimate of drug-likeness (QED) is 0.703. The molecule has 0 N–H and O–H groups in total. The van der Waals surface area contributed by atoms with Gasteiger partial charge >= 0.3 is 0 Å². The average molecular weight is 374 g/mol. The monoisotopic (exact) mass is 373 g/mol. The van der Waals surface area contributed by atoms with Crippen molar-refractivity contribution in [3.05, 3.63) is 40.9 Å². The molecule has 1 aromatic heterocycles. The van der Waals surface area contributed by atoms with Gasteiger partial charge in [0.25, 0.3) is 5.91 Å². The van der Waals surface area contributed by atoms with Crippen LogP contribution in [0.5, 0.6) is 0 Å². The van der Waals surface area contributed by atoms with Gasteiger partial charge in [0, 0.05) is 19.5 Å². The summed E-state index contributed by atoms with van der Waals surface area (Å²) in [5.41, 5.74) is 0.698. The molecular formula is C19H24ClN5O. The lowest BCUT2D eigenvalue weighted by Gasteiger charge is -2.21. The zero-order valence-electron chi connectivity index (χ0n) is 15.4. The summed E-state index contributed by atoms with van der Waals surface area (Å²) in [6, 6.07) is 9.43. The van der Waals surface area contributed by atoms with E-state index in [1.807, 2.05) is 25.1 Å². The highest BCUT2D eigenvalue weighted by molar-refractivity contribution is 6.32. The molecular weight excluding hydrogens is 350 g/mol. The molecule has 1 amide bonds. The summed E-state index contributed by atoms with van der Waals surface area (Å²) < 4.78 is 1.63. The van der Waals surface area contributed by atoms with Gasteiger partial charge in [0.15, 0.2) is 0 Å². The molecule has 0 unspecified atom stereocenters. The number of hydrogen-bond donors (Lipinski definition) is 0. The van der Waals surface area contributed by atoms with E-state index in [2.05, 4.69) is 30.0 Å². The number of aryl methyl sites for hydroxylation is 1. The van der Waals surface area contributed by atoms with Gasteiger partial charge in [-0.2, -0.15) is 5.26 Å². The molecule has 0 atom stereocenters. The van der Waals surface area contributed by atoms with Gasteiger partial charge in [-0.1, -0.05) is 44.5 Å². The normalized spacial score (nSPS) is 10.8. The third-order valence-electron chi connectivity index (χ3n) is 4.02. The van der Waals surface area contributed by atoms with Crippen LogP contribution in [0.15, 0.2) is 24.3 Å². The van der Waals surface area contributed by atoms with Crippen LogP contribution in [0.1, 0.15) is 50.1 Å². The molecule has 2 aromatic rings. The Balaban J connectivity index is 2.32. The SMILES string of the molecule is CCc1nc(C(=O)N(CCC#N)CCC(C)C)nn1-c1ccccc1Cl. The minimum absolute atomic E-state index is 0.142. The second kappa shape index (κ2) is 9.35. The maximum atomic E-state index is 12.9. The number of aromatic nitrogens is 3. The first-order valence-corrected chi connectivity index (χ1v) is 9.22. The van der Waals surface area contributed by atoms with Gasteiger partial charge < -0.3 is 4.90 Å². The Hall–Kier alpha value is -2.39. The summed E-state index contributed by atoms with van der Waals surface area (Å²) in [6.45, 7) is 7.13. The van der Waals surface area contributed by atoms with E-state index in [1.54, 1.807) is 15.6 Å². The minimum atomic E-state index is -0.249. The fraction of sp³-hybridized carbons (Fsp3) is 0.474. The lowest BCUT2D eigenvalue weighted by atomic mass is 10.1. The van der Waals surface area contributed by atoms with E-state index in [0.29, 0.717) is 42.0 Å². The van der Waals surface area contributed by atoms with Gasteiger partial charge in [-0.15, -0.1) is 5.10 Å². The van der Waals surface area contributed by atoms with E-state index in [-0.39, 0.29) is 18.2 Å². The molecule has 138 valence electrons. The fourth-order valence-electron chi connectivity index (χ4n) is 2.54. The van der Waals surface area contributed by atoms with E-state index in [9.17, 15) is 4.79 Å². The second-order valence-corrected chi connectivity index (χ2v) is 6.86. The third-order valence-corrected chi connectivity index (χ3v) is 4.34. The molecule has 0 saturated heterocycles. The number of benzene rings is 1. The molecule has 0 aliphatic heterocycles. The van der Waals surface area contributed by atoms with Crippen molar-refractivity contribution in [3.8, 4) is 11.8 Å². The molecule has 1 aromatic carbocycles. The van der Waals surface area contributed by atoms with Crippen molar-refractivity contribution < 1.29 is 4.79 Å². The van der Waals surface area contributed by atoms with Crippen molar-refractivity contribution in [2.75, 3.05) is 13.1 Å². The molecule has 6 nitrogen and oxygen atoms in total. The maximum Gasteiger partial charge on any atom is 0.293 e. The van der Waals surface area contributed by atoms with Gasteiger partial charge in [-0.25, -0.2) is 9.67 Å². The topological polar surface area (TPSA) is 74.8 Å². The number of halogens is 1. The highest BCUT2D eigenvalue weighted by atomic mass is 35.5. The van der Waals surface area contributed by atoms with E-state index >= 15 is 0 Å². The van der Waals surface area contributed by atoms with Crippen molar-refractivity contribution >= 4 is 17.5 Å². The van der Waals surface area contributed by atoms with Crippen molar-refractivity contribution in [1.82, 2.24) is 19.7 Å². The molecule has 0 bridgehead atoms. The van der Waals surface area contributed by atoms with Crippen LogP contribution in [-0.4, -0.2) is 38.7 Å². The van der Waals surface area contributed by atoms with E-state index in [1.165, 1.54) is 0 Å². The predicted molar refractivity (Wildman–Crippen MR) is 101 cm³/mol. The van der Waals surface area contributed by atoms with Crippen LogP contribution in [-0.2, 0) is 6.42 Å². The lowest BCUT2D eigenvalue weighted by molar-refractivity contribution is 0.0739. The molecule has 2 rings (SSSR count). The maximum absolute atomic E-state index is 12.9. The van der Waals surface area contributed by atoms with Crippen LogP contribution in [0.4, 0.5) is 0 Å². The standard InChI is InChI=1S/C19H24ClN5O/c1-4-17-22-18(23-25(17)16-9-6-5-8-15(16)20)19(26)24(12-7-11-21)13-10-14(2)3/h5-6,8-9,14H,4,7,10,12-13H2,1-3H3. The fourth-order valence-corrected chi connectivity index (χ4v) is 2.75. The number of nitriles is 1. The smallest absolute Gasteiger partial charge is 0.293 e. The lowest BCUT2D eigenvalue weighted by Crippen LogP contribution is -2.34. The van der Waals surface area contributed by atoms with Crippen molar-refractivity contribution in [3.63, 3.8) is 0 Å². The summed E-state index contributed by atoms with van der Waals surface area (Å²) >= 11 is 6.27. The Morgan fingerprint density at radius 3 is 2.69 bits per heavy atom.